The van der Waals surface area contributed by atoms with Gasteiger partial charge in [-0.3, -0.25) is 4.79 Å². The van der Waals surface area contributed by atoms with Crippen LogP contribution in [0.5, 0.6) is 0 Å². The van der Waals surface area contributed by atoms with Crippen LogP contribution in [0, 0.1) is 5.92 Å². The van der Waals surface area contributed by atoms with E-state index in [1.165, 1.54) is 0 Å². The molecule has 1 aliphatic heterocycles. The molecular weight excluding hydrogens is 232 g/mol. The van der Waals surface area contributed by atoms with Gasteiger partial charge in [-0.2, -0.15) is 0 Å². The first-order chi connectivity index (χ1) is 8.70. The topological polar surface area (TPSA) is 50.8 Å². The van der Waals surface area contributed by atoms with E-state index in [2.05, 4.69) is 12.2 Å². The number of likely N-dealkylation sites (N-methyl/N-ethyl adjacent to an activating group) is 1. The number of amides is 1. The third-order valence-electron chi connectivity index (χ3n) is 3.21. The molecule has 1 fully saturated rings. The third kappa shape index (κ3) is 4.55. The number of carbonyl (C=O) groups is 1. The van der Waals surface area contributed by atoms with E-state index in [4.69, 9.17) is 9.47 Å². The van der Waals surface area contributed by atoms with Crippen molar-refractivity contribution in [2.24, 2.45) is 5.92 Å². The van der Waals surface area contributed by atoms with Crippen LogP contribution in [0.2, 0.25) is 0 Å². The van der Waals surface area contributed by atoms with Crippen molar-refractivity contribution in [3.8, 4) is 0 Å². The van der Waals surface area contributed by atoms with E-state index >= 15 is 0 Å². The fraction of sp³-hybridized carbons (Fsp3) is 0.923. The van der Waals surface area contributed by atoms with Gasteiger partial charge in [-0.1, -0.05) is 6.92 Å². The number of hydrogen-bond donors (Lipinski definition) is 1. The Bertz CT molecular complexity index is 248. The summed E-state index contributed by atoms with van der Waals surface area (Å²) in [6.07, 6.45) is 1.07. The van der Waals surface area contributed by atoms with Crippen LogP contribution in [-0.4, -0.2) is 63.4 Å². The van der Waals surface area contributed by atoms with Crippen molar-refractivity contribution in [1.29, 1.82) is 0 Å². The minimum atomic E-state index is -0.0526. The summed E-state index contributed by atoms with van der Waals surface area (Å²) in [5, 5.41) is 3.38. The Morgan fingerprint density at radius 3 is 2.89 bits per heavy atom. The second-order valence-corrected chi connectivity index (χ2v) is 4.66. The van der Waals surface area contributed by atoms with Gasteiger partial charge in [0.15, 0.2) is 0 Å². The summed E-state index contributed by atoms with van der Waals surface area (Å²) in [6, 6.07) is 0.159. The summed E-state index contributed by atoms with van der Waals surface area (Å²) in [6.45, 7) is 8.10. The highest BCUT2D eigenvalue weighted by molar-refractivity contribution is 5.79. The van der Waals surface area contributed by atoms with E-state index in [1.807, 2.05) is 14.0 Å². The number of ether oxygens (including phenoxy) is 2. The number of rotatable bonds is 8. The maximum atomic E-state index is 12.3. The van der Waals surface area contributed by atoms with Crippen molar-refractivity contribution in [1.82, 2.24) is 10.2 Å². The fourth-order valence-electron chi connectivity index (χ4n) is 2.07. The van der Waals surface area contributed by atoms with Crippen molar-refractivity contribution < 1.29 is 14.3 Å². The number of hydrogen-bond acceptors (Lipinski definition) is 4. The van der Waals surface area contributed by atoms with Crippen LogP contribution in [0.4, 0.5) is 0 Å². The van der Waals surface area contributed by atoms with Crippen LogP contribution in [-0.2, 0) is 14.3 Å². The minimum absolute atomic E-state index is 0.0526. The molecule has 0 aliphatic carbocycles. The Kier molecular flexibility index (Phi) is 7.23. The average molecular weight is 258 g/mol. The summed E-state index contributed by atoms with van der Waals surface area (Å²) in [4.78, 5) is 14.0. The largest absolute Gasteiger partial charge is 0.380 e. The molecule has 0 spiro atoms. The lowest BCUT2D eigenvalue weighted by molar-refractivity contribution is -0.135. The molecule has 0 aromatic carbocycles. The number of nitrogens with one attached hydrogen (secondary N) is 1. The first-order valence-electron chi connectivity index (χ1n) is 6.84. The molecule has 1 heterocycles. The molecule has 0 aromatic heterocycles. The van der Waals surface area contributed by atoms with Gasteiger partial charge < -0.3 is 19.7 Å². The molecule has 1 aliphatic rings. The Hall–Kier alpha value is -0.650. The highest BCUT2D eigenvalue weighted by atomic mass is 16.5. The predicted octanol–water partition coefficient (Wildman–Crippen LogP) is 0.496. The molecule has 0 bridgehead atoms. The number of nitrogens with zero attached hydrogens (tertiary/aromatic N) is 1. The first kappa shape index (κ1) is 15.4. The zero-order chi connectivity index (χ0) is 13.4. The molecule has 1 rings (SSSR count). The van der Waals surface area contributed by atoms with Crippen molar-refractivity contribution in [3.05, 3.63) is 0 Å². The second-order valence-electron chi connectivity index (χ2n) is 4.66. The van der Waals surface area contributed by atoms with Gasteiger partial charge in [-0.25, -0.2) is 0 Å². The summed E-state index contributed by atoms with van der Waals surface area (Å²) >= 11 is 0. The van der Waals surface area contributed by atoms with E-state index in [1.54, 1.807) is 4.90 Å². The lowest BCUT2D eigenvalue weighted by Gasteiger charge is -2.24. The molecule has 1 saturated heterocycles. The maximum absolute atomic E-state index is 12.3. The second kappa shape index (κ2) is 8.45. The van der Waals surface area contributed by atoms with Crippen LogP contribution in [0.15, 0.2) is 0 Å². The summed E-state index contributed by atoms with van der Waals surface area (Å²) < 4.78 is 10.7. The lowest BCUT2D eigenvalue weighted by atomic mass is 10.0. The Balaban J connectivity index is 2.38. The zero-order valence-corrected chi connectivity index (χ0v) is 11.8. The van der Waals surface area contributed by atoms with Crippen LogP contribution in [0.3, 0.4) is 0 Å². The molecule has 1 amide bonds. The highest BCUT2D eigenvalue weighted by Crippen LogP contribution is 2.16. The normalized spacial score (nSPS) is 23.3. The molecule has 2 unspecified atom stereocenters. The molecule has 0 radical (unpaired) electrons. The van der Waals surface area contributed by atoms with E-state index in [0.717, 1.165) is 13.0 Å². The molecule has 0 saturated carbocycles. The molecule has 106 valence electrons. The molecule has 5 nitrogen and oxygen atoms in total. The predicted molar refractivity (Wildman–Crippen MR) is 70.5 cm³/mol. The molecule has 1 N–H and O–H groups in total. The Morgan fingerprint density at radius 1 is 1.44 bits per heavy atom. The third-order valence-corrected chi connectivity index (χ3v) is 3.21. The van der Waals surface area contributed by atoms with Gasteiger partial charge in [0.25, 0.3) is 0 Å². The average Bonchev–Trinajstić information content (AvgIpc) is 2.83. The molecule has 0 aromatic rings. The van der Waals surface area contributed by atoms with Crippen molar-refractivity contribution in [3.63, 3.8) is 0 Å². The SMILES string of the molecule is CCCNC1COCC1C(=O)N(C)CCOCC. The molecule has 5 heteroatoms. The van der Waals surface area contributed by atoms with Crippen molar-refractivity contribution in [2.45, 2.75) is 26.3 Å². The summed E-state index contributed by atoms with van der Waals surface area (Å²) in [7, 11) is 1.83. The summed E-state index contributed by atoms with van der Waals surface area (Å²) in [5.74, 6) is 0.101. The van der Waals surface area contributed by atoms with Crippen LogP contribution >= 0.6 is 0 Å². The van der Waals surface area contributed by atoms with Crippen molar-refractivity contribution >= 4 is 5.91 Å². The first-order valence-corrected chi connectivity index (χ1v) is 6.84. The van der Waals surface area contributed by atoms with E-state index < -0.39 is 0 Å². The highest BCUT2D eigenvalue weighted by Gasteiger charge is 2.35. The van der Waals surface area contributed by atoms with Gasteiger partial charge >= 0.3 is 0 Å². The lowest BCUT2D eigenvalue weighted by Crippen LogP contribution is -2.45. The fourth-order valence-corrected chi connectivity index (χ4v) is 2.07. The molecule has 18 heavy (non-hydrogen) atoms. The van der Waals surface area contributed by atoms with Gasteiger partial charge in [-0.15, -0.1) is 0 Å². The zero-order valence-electron chi connectivity index (χ0n) is 11.8. The van der Waals surface area contributed by atoms with Crippen LogP contribution in [0.1, 0.15) is 20.3 Å². The van der Waals surface area contributed by atoms with Gasteiger partial charge in [0, 0.05) is 26.2 Å². The Morgan fingerprint density at radius 2 is 2.22 bits per heavy atom. The van der Waals surface area contributed by atoms with Gasteiger partial charge in [0.1, 0.15) is 0 Å². The van der Waals surface area contributed by atoms with Crippen LogP contribution in [0.25, 0.3) is 0 Å². The quantitative estimate of drug-likeness (QED) is 0.644. The minimum Gasteiger partial charge on any atom is -0.380 e. The monoisotopic (exact) mass is 258 g/mol. The maximum Gasteiger partial charge on any atom is 0.229 e. The smallest absolute Gasteiger partial charge is 0.229 e. The van der Waals surface area contributed by atoms with E-state index in [0.29, 0.717) is 33.0 Å². The van der Waals surface area contributed by atoms with Gasteiger partial charge in [0.05, 0.1) is 25.7 Å². The molecular formula is C13H26N2O3. The standard InChI is InChI=1S/C13H26N2O3/c1-4-6-14-12-10-18-9-11(12)13(16)15(3)7-8-17-5-2/h11-12,14H,4-10H2,1-3H3. The van der Waals surface area contributed by atoms with Gasteiger partial charge in [0.2, 0.25) is 5.91 Å². The number of carbonyl (C=O) groups excluding carboxylic acids is 1. The molecule has 2 atom stereocenters. The van der Waals surface area contributed by atoms with Crippen LogP contribution < -0.4 is 5.32 Å². The van der Waals surface area contributed by atoms with E-state index in [9.17, 15) is 4.79 Å². The summed E-state index contributed by atoms with van der Waals surface area (Å²) in [5.41, 5.74) is 0. The van der Waals surface area contributed by atoms with Crippen molar-refractivity contribution in [2.75, 3.05) is 46.6 Å². The Labute approximate surface area is 110 Å². The van der Waals surface area contributed by atoms with E-state index in [-0.39, 0.29) is 17.9 Å². The van der Waals surface area contributed by atoms with Gasteiger partial charge in [-0.05, 0) is 19.9 Å².